The molecule has 1 heterocycles. The predicted octanol–water partition coefficient (Wildman–Crippen LogP) is 2.92. The van der Waals surface area contributed by atoms with Crippen LogP contribution in [0.25, 0.3) is 0 Å². The van der Waals surface area contributed by atoms with Crippen molar-refractivity contribution in [2.45, 2.75) is 46.7 Å². The number of urea groups is 1. The van der Waals surface area contributed by atoms with Crippen molar-refractivity contribution < 1.29 is 4.79 Å². The first-order valence-corrected chi connectivity index (χ1v) is 8.11. The van der Waals surface area contributed by atoms with Crippen molar-refractivity contribution in [3.8, 4) is 0 Å². The number of likely N-dealkylation sites (tertiary alicyclic amines) is 1. The third-order valence-electron chi connectivity index (χ3n) is 4.63. The lowest BCUT2D eigenvalue weighted by molar-refractivity contribution is 0.232. The molecule has 1 aromatic carbocycles. The number of carbonyl (C=O) groups is 1. The molecule has 2 rings (SSSR count). The van der Waals surface area contributed by atoms with Crippen molar-refractivity contribution in [1.82, 2.24) is 15.5 Å². The Bertz CT molecular complexity index is 532. The number of nitrogens with one attached hydrogen (secondary N) is 2. The summed E-state index contributed by atoms with van der Waals surface area (Å²) >= 11 is 0. The Morgan fingerprint density at radius 1 is 1.23 bits per heavy atom. The molecule has 1 saturated heterocycles. The summed E-state index contributed by atoms with van der Waals surface area (Å²) in [6.45, 7) is 12.5. The zero-order valence-electron chi connectivity index (χ0n) is 14.7. The Morgan fingerprint density at radius 3 is 2.32 bits per heavy atom. The molecular weight excluding hydrogens is 274 g/mol. The molecule has 0 spiro atoms. The number of aryl methyl sites for hydroxylation is 3. The number of benzene rings is 1. The lowest BCUT2D eigenvalue weighted by atomic mass is 9.95. The second kappa shape index (κ2) is 6.69. The molecule has 2 amide bonds. The van der Waals surface area contributed by atoms with E-state index in [-0.39, 0.29) is 18.1 Å². The third-order valence-corrected chi connectivity index (χ3v) is 4.63. The summed E-state index contributed by atoms with van der Waals surface area (Å²) < 4.78 is 0. The van der Waals surface area contributed by atoms with Gasteiger partial charge in [0, 0.05) is 19.1 Å². The van der Waals surface area contributed by atoms with Gasteiger partial charge in [-0.2, -0.15) is 0 Å². The summed E-state index contributed by atoms with van der Waals surface area (Å²) in [4.78, 5) is 14.5. The van der Waals surface area contributed by atoms with E-state index in [1.165, 1.54) is 22.3 Å². The van der Waals surface area contributed by atoms with E-state index in [4.69, 9.17) is 0 Å². The van der Waals surface area contributed by atoms with Crippen LogP contribution in [-0.4, -0.2) is 37.1 Å². The van der Waals surface area contributed by atoms with Crippen molar-refractivity contribution in [3.05, 3.63) is 34.4 Å². The summed E-state index contributed by atoms with van der Waals surface area (Å²) in [6.07, 6.45) is 0. The Kier molecular flexibility index (Phi) is 5.12. The van der Waals surface area contributed by atoms with E-state index in [1.807, 2.05) is 0 Å². The standard InChI is InChI=1S/C18H29N3O/c1-11-7-12(2)17(13(3)8-11)15(5)19-18(22)20-16-10-21(6)9-14(16)4/h7-8,14-16H,9-10H2,1-6H3,(H2,19,20,22)/t14?,15-,16?/m0/s1. The SMILES string of the molecule is Cc1cc(C)c([C@H](C)NC(=O)NC2CN(C)CC2C)c(C)c1. The highest BCUT2D eigenvalue weighted by Crippen LogP contribution is 2.23. The van der Waals surface area contributed by atoms with E-state index in [2.05, 4.69) is 69.3 Å². The van der Waals surface area contributed by atoms with E-state index in [1.54, 1.807) is 0 Å². The zero-order chi connectivity index (χ0) is 16.4. The number of amides is 2. The fourth-order valence-corrected chi connectivity index (χ4v) is 3.75. The van der Waals surface area contributed by atoms with Gasteiger partial charge in [-0.15, -0.1) is 0 Å². The van der Waals surface area contributed by atoms with Gasteiger partial charge in [0.1, 0.15) is 0 Å². The van der Waals surface area contributed by atoms with Crippen LogP contribution < -0.4 is 10.6 Å². The van der Waals surface area contributed by atoms with Crippen molar-refractivity contribution in [2.75, 3.05) is 20.1 Å². The molecule has 1 aliphatic heterocycles. The van der Waals surface area contributed by atoms with Gasteiger partial charge in [-0.25, -0.2) is 4.79 Å². The smallest absolute Gasteiger partial charge is 0.315 e. The van der Waals surface area contributed by atoms with Gasteiger partial charge in [0.2, 0.25) is 0 Å². The molecule has 1 aliphatic rings. The maximum atomic E-state index is 12.3. The highest BCUT2D eigenvalue weighted by atomic mass is 16.2. The van der Waals surface area contributed by atoms with Gasteiger partial charge in [-0.3, -0.25) is 0 Å². The lowest BCUT2D eigenvalue weighted by Crippen LogP contribution is -2.46. The summed E-state index contributed by atoms with van der Waals surface area (Å²) in [5.74, 6) is 0.494. The van der Waals surface area contributed by atoms with E-state index in [0.29, 0.717) is 5.92 Å². The van der Waals surface area contributed by atoms with Crippen molar-refractivity contribution in [2.24, 2.45) is 5.92 Å². The molecule has 2 unspecified atom stereocenters. The molecule has 4 heteroatoms. The number of likely N-dealkylation sites (N-methyl/N-ethyl adjacent to an activating group) is 1. The van der Waals surface area contributed by atoms with Gasteiger partial charge in [-0.1, -0.05) is 24.6 Å². The quantitative estimate of drug-likeness (QED) is 0.902. The van der Waals surface area contributed by atoms with Crippen LogP contribution in [0.15, 0.2) is 12.1 Å². The van der Waals surface area contributed by atoms with Crippen molar-refractivity contribution >= 4 is 6.03 Å². The molecule has 1 aromatic rings. The minimum absolute atomic E-state index is 0.00930. The maximum Gasteiger partial charge on any atom is 0.315 e. The van der Waals surface area contributed by atoms with Gasteiger partial charge in [0.05, 0.1) is 6.04 Å². The van der Waals surface area contributed by atoms with Crippen LogP contribution in [0.5, 0.6) is 0 Å². The maximum absolute atomic E-state index is 12.3. The summed E-state index contributed by atoms with van der Waals surface area (Å²) in [5.41, 5.74) is 4.95. The summed E-state index contributed by atoms with van der Waals surface area (Å²) in [6, 6.07) is 4.52. The van der Waals surface area contributed by atoms with E-state index >= 15 is 0 Å². The molecule has 0 aliphatic carbocycles. The van der Waals surface area contributed by atoms with Gasteiger partial charge in [0.25, 0.3) is 0 Å². The zero-order valence-corrected chi connectivity index (χ0v) is 14.7. The molecule has 3 atom stereocenters. The summed E-state index contributed by atoms with van der Waals surface area (Å²) in [7, 11) is 2.09. The number of carbonyl (C=O) groups excluding carboxylic acids is 1. The lowest BCUT2D eigenvalue weighted by Gasteiger charge is -2.22. The minimum Gasteiger partial charge on any atom is -0.334 e. The predicted molar refractivity (Wildman–Crippen MR) is 91.2 cm³/mol. The summed E-state index contributed by atoms with van der Waals surface area (Å²) in [5, 5.41) is 6.21. The van der Waals surface area contributed by atoms with Crippen LogP contribution in [0.1, 0.15) is 42.1 Å². The molecule has 0 aromatic heterocycles. The van der Waals surface area contributed by atoms with E-state index < -0.39 is 0 Å². The molecule has 1 fully saturated rings. The normalized spacial score (nSPS) is 23.4. The first kappa shape index (κ1) is 16.8. The Balaban J connectivity index is 2.00. The number of hydrogen-bond donors (Lipinski definition) is 2. The van der Waals surface area contributed by atoms with Crippen LogP contribution >= 0.6 is 0 Å². The monoisotopic (exact) mass is 303 g/mol. The molecule has 0 bridgehead atoms. The van der Waals surface area contributed by atoms with Crippen LogP contribution in [0.4, 0.5) is 4.79 Å². The molecule has 2 N–H and O–H groups in total. The molecule has 0 radical (unpaired) electrons. The van der Waals surface area contributed by atoms with Crippen LogP contribution in [-0.2, 0) is 0 Å². The first-order chi connectivity index (χ1) is 10.3. The second-order valence-corrected chi connectivity index (χ2v) is 6.96. The fourth-order valence-electron chi connectivity index (χ4n) is 3.75. The van der Waals surface area contributed by atoms with Crippen LogP contribution in [0.3, 0.4) is 0 Å². The molecule has 0 saturated carbocycles. The third kappa shape index (κ3) is 3.80. The highest BCUT2D eigenvalue weighted by Gasteiger charge is 2.28. The van der Waals surface area contributed by atoms with Crippen molar-refractivity contribution in [1.29, 1.82) is 0 Å². The molecule has 122 valence electrons. The molecule has 4 nitrogen and oxygen atoms in total. The Labute approximate surface area is 134 Å². The fraction of sp³-hybridized carbons (Fsp3) is 0.611. The van der Waals surface area contributed by atoms with Gasteiger partial charge in [-0.05, 0) is 57.4 Å². The Morgan fingerprint density at radius 2 is 1.82 bits per heavy atom. The minimum atomic E-state index is -0.0703. The van der Waals surface area contributed by atoms with E-state index in [9.17, 15) is 4.79 Å². The highest BCUT2D eigenvalue weighted by molar-refractivity contribution is 5.75. The molecular formula is C18H29N3O. The second-order valence-electron chi connectivity index (χ2n) is 6.96. The number of rotatable bonds is 3. The van der Waals surface area contributed by atoms with Crippen LogP contribution in [0.2, 0.25) is 0 Å². The van der Waals surface area contributed by atoms with E-state index in [0.717, 1.165) is 13.1 Å². The van der Waals surface area contributed by atoms with Gasteiger partial charge in [0.15, 0.2) is 0 Å². The Hall–Kier alpha value is -1.55. The topological polar surface area (TPSA) is 44.4 Å². The van der Waals surface area contributed by atoms with Crippen LogP contribution in [0, 0.1) is 26.7 Å². The first-order valence-electron chi connectivity index (χ1n) is 8.11. The average molecular weight is 303 g/mol. The number of nitrogens with zero attached hydrogens (tertiary/aromatic N) is 1. The largest absolute Gasteiger partial charge is 0.334 e. The average Bonchev–Trinajstić information content (AvgIpc) is 2.65. The van der Waals surface area contributed by atoms with Gasteiger partial charge < -0.3 is 15.5 Å². The molecule has 22 heavy (non-hydrogen) atoms. The van der Waals surface area contributed by atoms with Gasteiger partial charge >= 0.3 is 6.03 Å². The number of hydrogen-bond acceptors (Lipinski definition) is 2. The van der Waals surface area contributed by atoms with Crippen molar-refractivity contribution in [3.63, 3.8) is 0 Å².